The van der Waals surface area contributed by atoms with E-state index >= 15 is 0 Å². The van der Waals surface area contributed by atoms with E-state index < -0.39 is 0 Å². The van der Waals surface area contributed by atoms with Gasteiger partial charge in [0.05, 0.1) is 73.0 Å². The van der Waals surface area contributed by atoms with Crippen molar-refractivity contribution in [2.24, 2.45) is 0 Å². The summed E-state index contributed by atoms with van der Waals surface area (Å²) in [5.41, 5.74) is 27.9. The molecule has 0 atom stereocenters. The number of para-hydroxylation sites is 1. The molecule has 12 heteroatoms. The van der Waals surface area contributed by atoms with Crippen LogP contribution in [-0.4, -0.2) is 39.9 Å². The molecule has 628 valence electrons. The molecule has 0 aliphatic heterocycles. The van der Waals surface area contributed by atoms with Crippen LogP contribution in [-0.2, 0) is 0 Å². The summed E-state index contributed by atoms with van der Waals surface area (Å²) in [7, 11) is 0. The van der Waals surface area contributed by atoms with Gasteiger partial charge in [-0.05, 0) is 95.1 Å². The molecule has 0 fully saturated rings. The highest BCUT2D eigenvalue weighted by Crippen LogP contribution is 2.48. The number of hydrogen-bond donors (Lipinski definition) is 0. The predicted molar refractivity (Wildman–Crippen MR) is 570 cm³/mol. The topological polar surface area (TPSA) is 103 Å². The Kier molecular flexibility index (Phi) is 21.3. The fraction of sp³-hybridized carbons (Fsp3) is 0. The Morgan fingerprint density at radius 3 is 0.963 bits per heavy atom. The number of benzene rings is 18. The zero-order valence-corrected chi connectivity index (χ0v) is 75.4. The van der Waals surface area contributed by atoms with Gasteiger partial charge in [-0.2, -0.15) is 0 Å². The molecule has 0 spiro atoms. The molecule has 0 bridgehead atoms. The van der Waals surface area contributed by atoms with Gasteiger partial charge in [-0.1, -0.05) is 382 Å². The number of fused-ring (bicyclic) bond motifs is 16. The van der Waals surface area contributed by atoms with Crippen LogP contribution in [0.3, 0.4) is 0 Å². The molecule has 0 saturated carbocycles. The Balaban J connectivity index is 0.0000000984. The monoisotopic (exact) mass is 1780 g/mol. The van der Waals surface area contributed by atoms with Gasteiger partial charge in [0.1, 0.15) is 0 Å². The number of hydrogen-bond acceptors (Lipinski definition) is 12. The van der Waals surface area contributed by atoms with Crippen LogP contribution in [0, 0.1) is 0 Å². The predicted octanol–water partition coefficient (Wildman–Crippen LogP) is 34.3. The van der Waals surface area contributed by atoms with E-state index in [9.17, 15) is 0 Å². The molecule has 134 heavy (non-hydrogen) atoms. The molecule has 0 aliphatic rings. The minimum absolute atomic E-state index is 0.747. The maximum atomic E-state index is 5.30. The molecule has 0 amide bonds. The summed E-state index contributed by atoms with van der Waals surface area (Å²) < 4.78 is 10.4. The lowest BCUT2D eigenvalue weighted by molar-refractivity contribution is 1.23. The summed E-state index contributed by atoms with van der Waals surface area (Å²) in [5, 5.41) is 12.6. The third-order valence-corrected chi connectivity index (χ3v) is 29.7. The van der Waals surface area contributed by atoms with E-state index in [1.165, 1.54) is 103 Å². The van der Waals surface area contributed by atoms with Crippen LogP contribution in [0.5, 0.6) is 0 Å². The summed E-state index contributed by atoms with van der Waals surface area (Å²) >= 11 is 7.38. The van der Waals surface area contributed by atoms with Crippen LogP contribution in [0.25, 0.3) is 248 Å². The molecule has 0 N–H and O–H groups in total. The van der Waals surface area contributed by atoms with Gasteiger partial charge in [0.2, 0.25) is 0 Å². The number of nitrogens with zero attached hydrogens (tertiary/aromatic N) is 8. The Labute approximate surface area is 788 Å². The van der Waals surface area contributed by atoms with E-state index in [1.807, 2.05) is 124 Å². The van der Waals surface area contributed by atoms with Gasteiger partial charge in [0, 0.05) is 153 Å². The Bertz CT molecular complexity index is 9080. The van der Waals surface area contributed by atoms with E-state index in [4.69, 9.17) is 34.9 Å². The van der Waals surface area contributed by atoms with Gasteiger partial charge in [0.25, 0.3) is 0 Å². The fourth-order valence-corrected chi connectivity index (χ4v) is 23.4. The smallest absolute Gasteiger partial charge is 0.160 e. The number of aromatic nitrogens is 8. The molecule has 27 rings (SSSR count). The first-order valence-electron chi connectivity index (χ1n) is 44.7. The van der Waals surface area contributed by atoms with Crippen LogP contribution < -0.4 is 0 Å². The van der Waals surface area contributed by atoms with Gasteiger partial charge in [-0.15, -0.1) is 45.3 Å². The molecular weight excluding hydrogens is 1710 g/mol. The summed E-state index contributed by atoms with van der Waals surface area (Å²) in [6.45, 7) is 0. The normalized spacial score (nSPS) is 11.4. The first-order chi connectivity index (χ1) is 66.4. The molecule has 27 aromatic rings. The van der Waals surface area contributed by atoms with Crippen LogP contribution in [0.15, 0.2) is 461 Å². The van der Waals surface area contributed by atoms with Crippen molar-refractivity contribution in [3.8, 4) is 124 Å². The number of thiophene rings is 4. The van der Waals surface area contributed by atoms with Crippen LogP contribution in [0.2, 0.25) is 0 Å². The highest BCUT2D eigenvalue weighted by Gasteiger charge is 2.23. The molecule has 0 aliphatic carbocycles. The molecule has 9 aromatic heterocycles. The van der Waals surface area contributed by atoms with E-state index in [1.54, 1.807) is 0 Å². The van der Waals surface area contributed by atoms with E-state index in [2.05, 4.69) is 387 Å². The zero-order valence-electron chi connectivity index (χ0n) is 72.1. The molecule has 0 saturated heterocycles. The van der Waals surface area contributed by atoms with Crippen LogP contribution >= 0.6 is 45.3 Å². The van der Waals surface area contributed by atoms with Crippen LogP contribution in [0.4, 0.5) is 0 Å². The van der Waals surface area contributed by atoms with Crippen molar-refractivity contribution in [2.75, 3.05) is 0 Å². The lowest BCUT2D eigenvalue weighted by Gasteiger charge is -2.13. The van der Waals surface area contributed by atoms with Crippen molar-refractivity contribution < 1.29 is 0 Å². The van der Waals surface area contributed by atoms with Crippen molar-refractivity contribution in [3.05, 3.63) is 461 Å². The van der Waals surface area contributed by atoms with Crippen molar-refractivity contribution in [1.29, 1.82) is 0 Å². The van der Waals surface area contributed by atoms with Gasteiger partial charge in [0.15, 0.2) is 5.82 Å². The summed E-state index contributed by atoms with van der Waals surface area (Å²) in [4.78, 5) is 40.5. The number of rotatable bonds is 11. The maximum Gasteiger partial charge on any atom is 0.160 e. The number of pyridine rings is 2. The minimum atomic E-state index is 0.747. The van der Waals surface area contributed by atoms with Gasteiger partial charge < -0.3 is 0 Å². The lowest BCUT2D eigenvalue weighted by atomic mass is 9.98. The molecule has 9 heterocycles. The Morgan fingerprint density at radius 1 is 0.157 bits per heavy atom. The minimum Gasteiger partial charge on any atom is -0.256 e. The standard InChI is InChI=1S/3C32H20N2S.C26H16N2S/c1-3-11-21(12-4-1)29-30(22-13-5-2-6-14-22)34-31-24(16-10-19-27(31)33-29)26-18-9-17-25-23-15-7-8-20-28(23)35-32(25)26;1-3-10-21(11-4-1)30-27-20-23(18-19-28(27)33-32(34-30)22-12-5-2-6-13-22)24-15-9-16-26-25-14-7-8-17-29(25)35-31(24)26;1-3-10-21(11-4-1)30-31(22-12-5-2-6-13-22)34-28-20-23(18-19-27(28)33-30)24-15-9-16-26-25-14-7-8-17-29(25)35-32(24)26;1-2-8-17(9-3-1)25-20-13-7-15-27-22(20)16-23(28-25)21-12-6-11-19-18-10-4-5-14-24(18)29-26(19)21/h3*1-20H;1-16H. The second-order valence-corrected chi connectivity index (χ2v) is 37.2. The van der Waals surface area contributed by atoms with Crippen molar-refractivity contribution in [2.45, 2.75) is 0 Å². The highest BCUT2D eigenvalue weighted by molar-refractivity contribution is 7.27. The SMILES string of the molecule is c1ccc(-c2nc(-c3cccc4c3sc3ccccc34)cc3ncccc23)cc1.c1ccc(-c2nc(-c3ccccc3)c3cc(-c4cccc5c4sc4ccccc45)ccc3n2)cc1.c1ccc(-c2nc3ccc(-c4cccc5c4sc4ccccc45)cc3nc2-c2ccccc2)cc1.c1ccc(-c2nc3cccc(-c4cccc5c4sc4ccccc45)c3nc2-c2ccccc2)cc1. The second kappa shape index (κ2) is 35.4. The zero-order chi connectivity index (χ0) is 88.8. The average molecular weight is 1780 g/mol. The van der Waals surface area contributed by atoms with Crippen molar-refractivity contribution in [1.82, 2.24) is 39.9 Å². The Hall–Kier alpha value is -16.6. The molecule has 8 nitrogen and oxygen atoms in total. The van der Waals surface area contributed by atoms with Crippen LogP contribution in [0.1, 0.15) is 0 Å². The van der Waals surface area contributed by atoms with Gasteiger partial charge in [-0.25, -0.2) is 34.9 Å². The largest absolute Gasteiger partial charge is 0.256 e. The maximum absolute atomic E-state index is 5.30. The quantitative estimate of drug-likeness (QED) is 0.126. The third-order valence-electron chi connectivity index (χ3n) is 24.8. The van der Waals surface area contributed by atoms with Gasteiger partial charge in [-0.3, -0.25) is 4.98 Å². The first kappa shape index (κ1) is 80.7. The Morgan fingerprint density at radius 2 is 0.493 bits per heavy atom. The van der Waals surface area contributed by atoms with E-state index in [-0.39, 0.29) is 0 Å². The highest BCUT2D eigenvalue weighted by atomic mass is 32.1. The second-order valence-electron chi connectivity index (χ2n) is 33.0. The summed E-state index contributed by atoms with van der Waals surface area (Å²) in [6.07, 6.45) is 1.85. The average Bonchev–Trinajstić information content (AvgIpc) is 1.71. The van der Waals surface area contributed by atoms with E-state index in [0.717, 1.165) is 145 Å². The van der Waals surface area contributed by atoms with Crippen molar-refractivity contribution in [3.63, 3.8) is 0 Å². The molecule has 0 unspecified atom stereocenters. The van der Waals surface area contributed by atoms with Gasteiger partial charge >= 0.3 is 0 Å². The fourth-order valence-electron chi connectivity index (χ4n) is 18.4. The lowest BCUT2D eigenvalue weighted by Crippen LogP contribution is -1.97. The van der Waals surface area contributed by atoms with E-state index in [0.29, 0.717) is 0 Å². The third kappa shape index (κ3) is 15.3. The first-order valence-corrected chi connectivity index (χ1v) is 47.9. The molecule has 0 radical (unpaired) electrons. The molecular formula is C122H76N8S4. The summed E-state index contributed by atoms with van der Waals surface area (Å²) in [6, 6.07) is 159. The van der Waals surface area contributed by atoms with Crippen molar-refractivity contribution >= 4 is 170 Å². The summed E-state index contributed by atoms with van der Waals surface area (Å²) in [5.74, 6) is 0.747. The molecule has 18 aromatic carbocycles.